The van der Waals surface area contributed by atoms with Gasteiger partial charge in [0.1, 0.15) is 17.1 Å². The van der Waals surface area contributed by atoms with Gasteiger partial charge in [0.15, 0.2) is 0 Å². The van der Waals surface area contributed by atoms with Crippen molar-refractivity contribution in [2.45, 2.75) is 32.0 Å². The van der Waals surface area contributed by atoms with Crippen LogP contribution in [0.1, 0.15) is 24.0 Å². The van der Waals surface area contributed by atoms with Crippen molar-refractivity contribution in [1.82, 2.24) is 4.90 Å². The maximum atomic E-state index is 13.1. The number of phenols is 1. The number of aromatic hydroxyl groups is 1. The maximum absolute atomic E-state index is 13.1. The van der Waals surface area contributed by atoms with Crippen LogP contribution in [0, 0.1) is 5.82 Å². The zero-order valence-electron chi connectivity index (χ0n) is 13.6. The number of rotatable bonds is 5. The lowest BCUT2D eigenvalue weighted by Crippen LogP contribution is -2.25. The molecule has 1 aliphatic rings. The number of hydrogen-bond acceptors (Lipinski definition) is 4. The van der Waals surface area contributed by atoms with Gasteiger partial charge in [0.05, 0.1) is 0 Å². The largest absolute Gasteiger partial charge is 0.508 e. The first-order valence-corrected chi connectivity index (χ1v) is 8.33. The lowest BCUT2D eigenvalue weighted by Gasteiger charge is -2.22. The first-order chi connectivity index (χ1) is 12.1. The third kappa shape index (κ3) is 3.56. The molecule has 1 aliphatic carbocycles. The predicted octanol–water partition coefficient (Wildman–Crippen LogP) is 3.80. The molecule has 0 saturated heterocycles. The fourth-order valence-corrected chi connectivity index (χ4v) is 3.15. The van der Waals surface area contributed by atoms with Crippen LogP contribution in [0.3, 0.4) is 0 Å². The minimum Gasteiger partial charge on any atom is -0.508 e. The molecule has 0 amide bonds. The Morgan fingerprint density at radius 3 is 2.56 bits per heavy atom. The Kier molecular flexibility index (Phi) is 4.01. The number of phenolic OH excluding ortho intramolecular Hbond substituents is 1. The van der Waals surface area contributed by atoms with Crippen LogP contribution in [-0.2, 0) is 13.1 Å². The van der Waals surface area contributed by atoms with E-state index in [-0.39, 0.29) is 11.6 Å². The van der Waals surface area contributed by atoms with Gasteiger partial charge in [-0.15, -0.1) is 0 Å². The minimum absolute atomic E-state index is 0.0677. The van der Waals surface area contributed by atoms with Crippen LogP contribution in [0.15, 0.2) is 57.7 Å². The van der Waals surface area contributed by atoms with Crippen molar-refractivity contribution in [2.24, 2.45) is 0 Å². The smallest absolute Gasteiger partial charge is 0.336 e. The molecule has 1 fully saturated rings. The molecule has 0 bridgehead atoms. The molecule has 4 rings (SSSR count). The summed E-state index contributed by atoms with van der Waals surface area (Å²) < 4.78 is 18.3. The van der Waals surface area contributed by atoms with E-state index in [0.717, 1.165) is 29.4 Å². The molecule has 0 atom stereocenters. The summed E-state index contributed by atoms with van der Waals surface area (Å²) in [7, 11) is 0. The van der Waals surface area contributed by atoms with Gasteiger partial charge in [-0.2, -0.15) is 0 Å². The molecule has 1 aromatic heterocycles. The molecule has 1 saturated carbocycles. The minimum atomic E-state index is -0.425. The number of halogens is 1. The zero-order valence-corrected chi connectivity index (χ0v) is 13.6. The summed E-state index contributed by atoms with van der Waals surface area (Å²) in [5.74, 6) is -0.175. The molecule has 1 N–H and O–H groups in total. The second-order valence-electron chi connectivity index (χ2n) is 6.53. The number of hydrogen-bond donors (Lipinski definition) is 1. The lowest BCUT2D eigenvalue weighted by atomic mass is 10.1. The third-order valence-electron chi connectivity index (χ3n) is 4.55. The molecule has 0 aliphatic heterocycles. The highest BCUT2D eigenvalue weighted by Gasteiger charge is 2.29. The van der Waals surface area contributed by atoms with Gasteiger partial charge in [-0.3, -0.25) is 4.90 Å². The van der Waals surface area contributed by atoms with Crippen molar-refractivity contribution in [3.63, 3.8) is 0 Å². The van der Waals surface area contributed by atoms with Gasteiger partial charge in [0.2, 0.25) is 0 Å². The molecule has 4 nitrogen and oxygen atoms in total. The number of benzene rings is 2. The highest BCUT2D eigenvalue weighted by molar-refractivity contribution is 5.81. The van der Waals surface area contributed by atoms with Crippen LogP contribution < -0.4 is 5.63 Å². The highest BCUT2D eigenvalue weighted by Crippen LogP contribution is 2.31. The standard InChI is InChI=1S/C20H18FNO3/c21-15-3-1-13(2-4-15)11-22(16-5-6-16)12-14-9-20(24)25-19-10-17(23)7-8-18(14)19/h1-4,7-10,16,23H,5-6,11-12H2. The van der Waals surface area contributed by atoms with Crippen molar-refractivity contribution in [3.8, 4) is 5.75 Å². The molecular weight excluding hydrogens is 321 g/mol. The van der Waals surface area contributed by atoms with E-state index in [1.807, 2.05) is 0 Å². The maximum Gasteiger partial charge on any atom is 0.336 e. The van der Waals surface area contributed by atoms with Crippen molar-refractivity contribution < 1.29 is 13.9 Å². The monoisotopic (exact) mass is 339 g/mol. The summed E-state index contributed by atoms with van der Waals surface area (Å²) in [6.07, 6.45) is 2.25. The fraction of sp³-hybridized carbons (Fsp3) is 0.250. The molecule has 5 heteroatoms. The Morgan fingerprint density at radius 1 is 1.08 bits per heavy atom. The Bertz CT molecular complexity index is 961. The molecule has 0 spiro atoms. The van der Waals surface area contributed by atoms with Crippen LogP contribution >= 0.6 is 0 Å². The summed E-state index contributed by atoms with van der Waals surface area (Å²) in [5, 5.41) is 10.4. The van der Waals surface area contributed by atoms with Crippen LogP contribution in [0.4, 0.5) is 4.39 Å². The summed E-state index contributed by atoms with van der Waals surface area (Å²) in [6.45, 7) is 1.31. The normalized spacial score (nSPS) is 14.3. The van der Waals surface area contributed by atoms with E-state index in [2.05, 4.69) is 4.90 Å². The molecule has 1 heterocycles. The molecule has 3 aromatic rings. The average molecular weight is 339 g/mol. The number of nitrogens with zero attached hydrogens (tertiary/aromatic N) is 1. The zero-order chi connectivity index (χ0) is 17.4. The van der Waals surface area contributed by atoms with E-state index in [9.17, 15) is 14.3 Å². The van der Waals surface area contributed by atoms with Crippen molar-refractivity contribution in [1.29, 1.82) is 0 Å². The predicted molar refractivity (Wildman–Crippen MR) is 92.8 cm³/mol. The Labute approximate surface area is 144 Å². The molecule has 25 heavy (non-hydrogen) atoms. The summed E-state index contributed by atoms with van der Waals surface area (Å²) in [6, 6.07) is 13.3. The van der Waals surface area contributed by atoms with Gasteiger partial charge in [-0.25, -0.2) is 9.18 Å². The van der Waals surface area contributed by atoms with Gasteiger partial charge < -0.3 is 9.52 Å². The Hall–Kier alpha value is -2.66. The van der Waals surface area contributed by atoms with Crippen molar-refractivity contribution in [3.05, 3.63) is 75.9 Å². The summed E-state index contributed by atoms with van der Waals surface area (Å²) in [4.78, 5) is 14.2. The van der Waals surface area contributed by atoms with E-state index in [1.165, 1.54) is 24.3 Å². The van der Waals surface area contributed by atoms with Crippen LogP contribution in [0.2, 0.25) is 0 Å². The molecule has 0 unspecified atom stereocenters. The van der Waals surface area contributed by atoms with Gasteiger partial charge in [-0.05, 0) is 48.2 Å². The molecular formula is C20H18FNO3. The first-order valence-electron chi connectivity index (χ1n) is 8.33. The van der Waals surface area contributed by atoms with Gasteiger partial charge in [0, 0.05) is 36.7 Å². The average Bonchev–Trinajstić information content (AvgIpc) is 3.40. The quantitative estimate of drug-likeness (QED) is 0.718. The Morgan fingerprint density at radius 2 is 1.84 bits per heavy atom. The van der Waals surface area contributed by atoms with E-state index >= 15 is 0 Å². The van der Waals surface area contributed by atoms with Crippen LogP contribution in [0.25, 0.3) is 11.0 Å². The first kappa shape index (κ1) is 15.8. The van der Waals surface area contributed by atoms with Crippen molar-refractivity contribution in [2.75, 3.05) is 0 Å². The van der Waals surface area contributed by atoms with E-state index in [1.54, 1.807) is 24.3 Å². The molecule has 128 valence electrons. The SMILES string of the molecule is O=c1cc(CN(Cc2ccc(F)cc2)C2CC2)c2ccc(O)cc2o1. The molecule has 0 radical (unpaired) electrons. The second kappa shape index (κ2) is 6.33. The summed E-state index contributed by atoms with van der Waals surface area (Å²) >= 11 is 0. The topological polar surface area (TPSA) is 53.7 Å². The third-order valence-corrected chi connectivity index (χ3v) is 4.55. The number of fused-ring (bicyclic) bond motifs is 1. The van der Waals surface area contributed by atoms with Crippen molar-refractivity contribution >= 4 is 11.0 Å². The van der Waals surface area contributed by atoms with Gasteiger partial charge in [-0.1, -0.05) is 12.1 Å². The van der Waals surface area contributed by atoms with E-state index in [0.29, 0.717) is 24.7 Å². The van der Waals surface area contributed by atoms with Gasteiger partial charge in [0.25, 0.3) is 0 Å². The van der Waals surface area contributed by atoms with Gasteiger partial charge >= 0.3 is 5.63 Å². The van der Waals surface area contributed by atoms with Crippen LogP contribution in [-0.4, -0.2) is 16.0 Å². The lowest BCUT2D eigenvalue weighted by molar-refractivity contribution is 0.246. The summed E-state index contributed by atoms with van der Waals surface area (Å²) in [5.41, 5.74) is 1.88. The second-order valence-corrected chi connectivity index (χ2v) is 6.53. The Balaban J connectivity index is 1.65. The van der Waals surface area contributed by atoms with E-state index in [4.69, 9.17) is 4.42 Å². The molecule has 2 aromatic carbocycles. The fourth-order valence-electron chi connectivity index (χ4n) is 3.15. The van der Waals surface area contributed by atoms with Crippen LogP contribution in [0.5, 0.6) is 5.75 Å². The van der Waals surface area contributed by atoms with E-state index < -0.39 is 5.63 Å². The highest BCUT2D eigenvalue weighted by atomic mass is 19.1.